The van der Waals surface area contributed by atoms with Gasteiger partial charge >= 0.3 is 0 Å². The maximum absolute atomic E-state index is 10.8. The van der Waals surface area contributed by atoms with E-state index in [0.717, 1.165) is 5.56 Å². The molecule has 0 saturated heterocycles. The van der Waals surface area contributed by atoms with E-state index in [9.17, 15) is 10.1 Å². The second-order valence-electron chi connectivity index (χ2n) is 3.89. The van der Waals surface area contributed by atoms with Crippen LogP contribution in [0, 0.1) is 10.1 Å². The maximum Gasteiger partial charge on any atom is 0.294 e. The fourth-order valence-electron chi connectivity index (χ4n) is 1.61. The van der Waals surface area contributed by atoms with E-state index < -0.39 is 4.92 Å². The number of benzene rings is 2. The minimum Gasteiger partial charge on any atom is -0.272 e. The van der Waals surface area contributed by atoms with Gasteiger partial charge in [0.15, 0.2) is 0 Å². The van der Waals surface area contributed by atoms with Crippen molar-refractivity contribution in [2.45, 2.75) is 6.42 Å². The van der Waals surface area contributed by atoms with Gasteiger partial charge in [0.05, 0.1) is 4.92 Å². The van der Waals surface area contributed by atoms with Gasteiger partial charge in [-0.25, -0.2) is 0 Å². The summed E-state index contributed by atoms with van der Waals surface area (Å²) >= 11 is 0. The first-order valence-electron chi connectivity index (χ1n) is 5.82. The van der Waals surface area contributed by atoms with Crippen LogP contribution in [-0.4, -0.2) is 11.1 Å². The van der Waals surface area contributed by atoms with Gasteiger partial charge in [0, 0.05) is 18.7 Å². The summed E-state index contributed by atoms with van der Waals surface area (Å²) in [6.45, 7) is 0. The SMILES string of the molecule is O=[N+]([O-])c1ccccc1N/N=C/Cc1ccccc1. The van der Waals surface area contributed by atoms with E-state index >= 15 is 0 Å². The number of rotatable bonds is 5. The van der Waals surface area contributed by atoms with Gasteiger partial charge < -0.3 is 0 Å². The average Bonchev–Trinajstić information content (AvgIpc) is 2.45. The molecule has 0 radical (unpaired) electrons. The van der Waals surface area contributed by atoms with Crippen LogP contribution in [0.2, 0.25) is 0 Å². The molecular weight excluding hydrogens is 242 g/mol. The molecule has 0 fully saturated rings. The molecule has 0 heterocycles. The van der Waals surface area contributed by atoms with Gasteiger partial charge in [-0.15, -0.1) is 0 Å². The van der Waals surface area contributed by atoms with Gasteiger partial charge in [0.25, 0.3) is 5.69 Å². The van der Waals surface area contributed by atoms with Crippen molar-refractivity contribution in [3.05, 3.63) is 70.3 Å². The maximum atomic E-state index is 10.8. The highest BCUT2D eigenvalue weighted by Crippen LogP contribution is 2.22. The quantitative estimate of drug-likeness (QED) is 0.506. The lowest BCUT2D eigenvalue weighted by Crippen LogP contribution is -1.97. The molecule has 0 bridgehead atoms. The topological polar surface area (TPSA) is 67.5 Å². The average molecular weight is 255 g/mol. The van der Waals surface area contributed by atoms with Gasteiger partial charge in [0.1, 0.15) is 5.69 Å². The monoisotopic (exact) mass is 255 g/mol. The van der Waals surface area contributed by atoms with Crippen molar-refractivity contribution in [2.24, 2.45) is 5.10 Å². The Hall–Kier alpha value is -2.69. The molecule has 0 aliphatic rings. The molecule has 5 nitrogen and oxygen atoms in total. The third-order valence-corrected chi connectivity index (χ3v) is 2.55. The summed E-state index contributed by atoms with van der Waals surface area (Å²) in [5, 5.41) is 14.8. The number of hydrazone groups is 1. The molecule has 0 atom stereocenters. The molecule has 2 rings (SSSR count). The highest BCUT2D eigenvalue weighted by Gasteiger charge is 2.10. The number of nitrogens with zero attached hydrogens (tertiary/aromatic N) is 2. The second-order valence-corrected chi connectivity index (χ2v) is 3.89. The fraction of sp³-hybridized carbons (Fsp3) is 0.0714. The lowest BCUT2D eigenvalue weighted by Gasteiger charge is -2.01. The third kappa shape index (κ3) is 3.64. The van der Waals surface area contributed by atoms with E-state index in [1.165, 1.54) is 6.07 Å². The summed E-state index contributed by atoms with van der Waals surface area (Å²) in [4.78, 5) is 10.4. The molecule has 0 saturated carbocycles. The van der Waals surface area contributed by atoms with E-state index in [0.29, 0.717) is 12.1 Å². The van der Waals surface area contributed by atoms with Crippen molar-refractivity contribution in [1.82, 2.24) is 0 Å². The number of nitro groups is 1. The molecule has 0 aliphatic carbocycles. The van der Waals surface area contributed by atoms with Gasteiger partial charge in [0.2, 0.25) is 0 Å². The van der Waals surface area contributed by atoms with Crippen molar-refractivity contribution in [3.8, 4) is 0 Å². The Morgan fingerprint density at radius 3 is 2.53 bits per heavy atom. The first kappa shape index (κ1) is 12.8. The lowest BCUT2D eigenvalue weighted by atomic mass is 10.2. The van der Waals surface area contributed by atoms with Crippen LogP contribution in [0.1, 0.15) is 5.56 Å². The summed E-state index contributed by atoms with van der Waals surface area (Å²) in [5.41, 5.74) is 4.23. The van der Waals surface area contributed by atoms with E-state index in [1.807, 2.05) is 30.3 Å². The van der Waals surface area contributed by atoms with Gasteiger partial charge in [-0.2, -0.15) is 5.10 Å². The number of nitrogens with one attached hydrogen (secondary N) is 1. The number of hydrogen-bond acceptors (Lipinski definition) is 4. The largest absolute Gasteiger partial charge is 0.294 e. The number of anilines is 1. The van der Waals surface area contributed by atoms with Crippen LogP contribution in [0.5, 0.6) is 0 Å². The molecule has 96 valence electrons. The summed E-state index contributed by atoms with van der Waals surface area (Å²) in [7, 11) is 0. The van der Waals surface area contributed by atoms with Crippen LogP contribution in [0.3, 0.4) is 0 Å². The first-order chi connectivity index (χ1) is 9.27. The third-order valence-electron chi connectivity index (χ3n) is 2.55. The summed E-state index contributed by atoms with van der Waals surface area (Å²) in [5.74, 6) is 0. The molecule has 2 aromatic rings. The molecule has 19 heavy (non-hydrogen) atoms. The summed E-state index contributed by atoms with van der Waals surface area (Å²) in [6.07, 6.45) is 2.36. The first-order valence-corrected chi connectivity index (χ1v) is 5.82. The van der Waals surface area contributed by atoms with Crippen LogP contribution in [0.4, 0.5) is 11.4 Å². The Balaban J connectivity index is 1.97. The zero-order chi connectivity index (χ0) is 13.5. The van der Waals surface area contributed by atoms with E-state index in [-0.39, 0.29) is 5.69 Å². The van der Waals surface area contributed by atoms with Crippen LogP contribution >= 0.6 is 0 Å². The molecule has 5 heteroatoms. The Kier molecular flexibility index (Phi) is 4.23. The Morgan fingerprint density at radius 1 is 1.11 bits per heavy atom. The summed E-state index contributed by atoms with van der Waals surface area (Å²) < 4.78 is 0. The van der Waals surface area contributed by atoms with E-state index in [2.05, 4.69) is 10.5 Å². The van der Waals surface area contributed by atoms with Gasteiger partial charge in [-0.05, 0) is 11.6 Å². The Bertz CT molecular complexity index is 582. The smallest absolute Gasteiger partial charge is 0.272 e. The number of nitro benzene ring substituents is 1. The second kappa shape index (κ2) is 6.30. The molecular formula is C14H13N3O2. The normalized spacial score (nSPS) is 10.5. The van der Waals surface area contributed by atoms with Crippen molar-refractivity contribution in [1.29, 1.82) is 0 Å². The van der Waals surface area contributed by atoms with Crippen molar-refractivity contribution in [3.63, 3.8) is 0 Å². The standard InChI is InChI=1S/C14H13N3O2/c18-17(19)14-9-5-4-8-13(14)16-15-11-10-12-6-2-1-3-7-12/h1-9,11,16H,10H2/b15-11+. The predicted octanol–water partition coefficient (Wildman–Crippen LogP) is 3.24. The highest BCUT2D eigenvalue weighted by molar-refractivity contribution is 5.66. The Labute approximate surface area is 110 Å². The van der Waals surface area contributed by atoms with Gasteiger partial charge in [-0.3, -0.25) is 15.5 Å². The lowest BCUT2D eigenvalue weighted by molar-refractivity contribution is -0.384. The molecule has 0 aliphatic heterocycles. The van der Waals surface area contributed by atoms with E-state index in [1.54, 1.807) is 24.4 Å². The molecule has 1 N–H and O–H groups in total. The minimum atomic E-state index is -0.435. The van der Waals surface area contributed by atoms with Crippen LogP contribution in [0.15, 0.2) is 59.7 Å². The zero-order valence-corrected chi connectivity index (χ0v) is 10.2. The molecule has 0 unspecified atom stereocenters. The fourth-order valence-corrected chi connectivity index (χ4v) is 1.61. The van der Waals surface area contributed by atoms with Crippen molar-refractivity contribution in [2.75, 3.05) is 5.43 Å². The van der Waals surface area contributed by atoms with Crippen LogP contribution < -0.4 is 5.43 Å². The predicted molar refractivity (Wildman–Crippen MR) is 75.4 cm³/mol. The molecule has 2 aromatic carbocycles. The Morgan fingerprint density at radius 2 is 1.79 bits per heavy atom. The molecule has 0 amide bonds. The highest BCUT2D eigenvalue weighted by atomic mass is 16.6. The zero-order valence-electron chi connectivity index (χ0n) is 10.2. The minimum absolute atomic E-state index is 0.0133. The molecule has 0 spiro atoms. The van der Waals surface area contributed by atoms with Gasteiger partial charge in [-0.1, -0.05) is 42.5 Å². The molecule has 0 aromatic heterocycles. The van der Waals surface area contributed by atoms with Crippen LogP contribution in [0.25, 0.3) is 0 Å². The number of para-hydroxylation sites is 2. The van der Waals surface area contributed by atoms with Crippen molar-refractivity contribution >= 4 is 17.6 Å². The van der Waals surface area contributed by atoms with E-state index in [4.69, 9.17) is 0 Å². The summed E-state index contributed by atoms with van der Waals surface area (Å²) in [6, 6.07) is 16.3. The van der Waals surface area contributed by atoms with Crippen molar-refractivity contribution < 1.29 is 4.92 Å². The number of hydrogen-bond donors (Lipinski definition) is 1. The van der Waals surface area contributed by atoms with Crippen LogP contribution in [-0.2, 0) is 6.42 Å².